The number of aromatic nitrogens is 1. The summed E-state index contributed by atoms with van der Waals surface area (Å²) in [6.45, 7) is 8.67. The number of alkyl halides is 3. The molecule has 4 heterocycles. The van der Waals surface area contributed by atoms with E-state index in [1.807, 2.05) is 18.7 Å². The Kier molecular flexibility index (Phi) is 6.73. The maximum atomic E-state index is 12.5. The Morgan fingerprint density at radius 3 is 2.45 bits per heavy atom. The Morgan fingerprint density at radius 2 is 1.90 bits per heavy atom. The van der Waals surface area contributed by atoms with Crippen molar-refractivity contribution in [3.05, 3.63) is 41.2 Å². The highest BCUT2D eigenvalue weighted by molar-refractivity contribution is 5.94. The topological polar surface area (TPSA) is 100 Å². The summed E-state index contributed by atoms with van der Waals surface area (Å²) in [6.07, 6.45) is -0.848. The first kappa shape index (κ1) is 22.9. The highest BCUT2D eigenvalue weighted by Crippen LogP contribution is 2.33. The lowest BCUT2D eigenvalue weighted by Gasteiger charge is -2.34. The van der Waals surface area contributed by atoms with Crippen LogP contribution in [0.3, 0.4) is 0 Å². The average Bonchev–Trinajstić information content (AvgIpc) is 3.44. The fourth-order valence-corrected chi connectivity index (χ4v) is 4.07. The van der Waals surface area contributed by atoms with Gasteiger partial charge in [0, 0.05) is 31.7 Å². The number of hydrogen-bond donors (Lipinski definition) is 1. The number of rotatable bonds is 3. The number of aliphatic carboxylic acids is 1. The van der Waals surface area contributed by atoms with E-state index in [0.29, 0.717) is 17.4 Å². The van der Waals surface area contributed by atoms with Crippen LogP contribution in [-0.2, 0) is 11.3 Å². The van der Waals surface area contributed by atoms with E-state index in [4.69, 9.17) is 18.8 Å². The first-order chi connectivity index (χ1) is 14.6. The summed E-state index contributed by atoms with van der Waals surface area (Å²) in [6, 6.07) is 1.74. The van der Waals surface area contributed by atoms with Crippen molar-refractivity contribution in [2.45, 2.75) is 33.0 Å². The van der Waals surface area contributed by atoms with Gasteiger partial charge in [-0.05, 0) is 44.7 Å². The van der Waals surface area contributed by atoms with Crippen LogP contribution in [0.5, 0.6) is 0 Å². The molecule has 0 radical (unpaired) electrons. The number of furan rings is 1. The molecule has 31 heavy (non-hydrogen) atoms. The zero-order valence-electron chi connectivity index (χ0n) is 17.2. The average molecular weight is 443 g/mol. The van der Waals surface area contributed by atoms with Crippen LogP contribution >= 0.6 is 0 Å². The molecular formula is C20H24F3N3O5. The summed E-state index contributed by atoms with van der Waals surface area (Å²) in [7, 11) is 0. The van der Waals surface area contributed by atoms with Gasteiger partial charge in [0.2, 0.25) is 0 Å². The summed E-state index contributed by atoms with van der Waals surface area (Å²) in [4.78, 5) is 25.9. The van der Waals surface area contributed by atoms with E-state index in [1.165, 1.54) is 11.8 Å². The van der Waals surface area contributed by atoms with Gasteiger partial charge >= 0.3 is 12.1 Å². The van der Waals surface area contributed by atoms with Gasteiger partial charge in [0.25, 0.3) is 5.91 Å². The third-order valence-electron chi connectivity index (χ3n) is 5.75. The Hall–Kier alpha value is -2.82. The van der Waals surface area contributed by atoms with E-state index in [-0.39, 0.29) is 5.91 Å². The third kappa shape index (κ3) is 5.46. The lowest BCUT2D eigenvalue weighted by molar-refractivity contribution is -0.192. The summed E-state index contributed by atoms with van der Waals surface area (Å²) >= 11 is 0. The molecule has 11 heteroatoms. The van der Waals surface area contributed by atoms with Crippen molar-refractivity contribution < 1.29 is 36.8 Å². The summed E-state index contributed by atoms with van der Waals surface area (Å²) < 4.78 is 42.1. The molecule has 4 rings (SSSR count). The number of halogens is 3. The van der Waals surface area contributed by atoms with Gasteiger partial charge in [-0.15, -0.1) is 0 Å². The summed E-state index contributed by atoms with van der Waals surface area (Å²) in [5.41, 5.74) is 2.84. The van der Waals surface area contributed by atoms with Gasteiger partial charge in [-0.1, -0.05) is 5.16 Å². The summed E-state index contributed by atoms with van der Waals surface area (Å²) in [5, 5.41) is 11.2. The second-order valence-electron chi connectivity index (χ2n) is 7.87. The number of aryl methyl sites for hydroxylation is 2. The maximum Gasteiger partial charge on any atom is 0.490 e. The van der Waals surface area contributed by atoms with E-state index in [2.05, 4.69) is 10.1 Å². The second kappa shape index (κ2) is 9.13. The van der Waals surface area contributed by atoms with Crippen LogP contribution < -0.4 is 0 Å². The molecule has 2 aromatic heterocycles. The molecule has 8 nitrogen and oxygen atoms in total. The molecule has 0 bridgehead atoms. The molecular weight excluding hydrogens is 419 g/mol. The van der Waals surface area contributed by atoms with Gasteiger partial charge in [-0.25, -0.2) is 4.79 Å². The molecule has 2 aliphatic heterocycles. The number of likely N-dealkylation sites (tertiary alicyclic amines) is 2. The Bertz CT molecular complexity index is 890. The first-order valence-corrected chi connectivity index (χ1v) is 9.82. The van der Waals surface area contributed by atoms with Crippen LogP contribution in [0.2, 0.25) is 0 Å². The number of hydrogen-bond acceptors (Lipinski definition) is 6. The highest BCUT2D eigenvalue weighted by atomic mass is 19.4. The fraction of sp³-hybridized carbons (Fsp3) is 0.550. The lowest BCUT2D eigenvalue weighted by atomic mass is 9.88. The molecule has 0 aliphatic carbocycles. The molecule has 2 fully saturated rings. The molecule has 0 unspecified atom stereocenters. The Morgan fingerprint density at radius 1 is 1.23 bits per heavy atom. The molecule has 1 N–H and O–H groups in total. The summed E-state index contributed by atoms with van der Waals surface area (Å²) in [5.74, 6) is -0.586. The lowest BCUT2D eigenvalue weighted by Crippen LogP contribution is -2.39. The molecule has 170 valence electrons. The van der Waals surface area contributed by atoms with Crippen molar-refractivity contribution in [2.75, 3.05) is 26.2 Å². The van der Waals surface area contributed by atoms with Crippen molar-refractivity contribution in [1.29, 1.82) is 0 Å². The molecule has 1 amide bonds. The van der Waals surface area contributed by atoms with Gasteiger partial charge < -0.3 is 18.9 Å². The zero-order chi connectivity index (χ0) is 22.8. The third-order valence-corrected chi connectivity index (χ3v) is 5.75. The van der Waals surface area contributed by atoms with Crippen LogP contribution in [0.15, 0.2) is 27.5 Å². The Labute approximate surface area is 176 Å². The molecule has 2 saturated heterocycles. The van der Waals surface area contributed by atoms with E-state index in [0.717, 1.165) is 50.6 Å². The van der Waals surface area contributed by atoms with Crippen molar-refractivity contribution >= 4 is 11.9 Å². The van der Waals surface area contributed by atoms with Gasteiger partial charge in [-0.2, -0.15) is 13.2 Å². The van der Waals surface area contributed by atoms with Gasteiger partial charge in [0.05, 0.1) is 17.5 Å². The zero-order valence-corrected chi connectivity index (χ0v) is 17.2. The van der Waals surface area contributed by atoms with Crippen LogP contribution in [0.25, 0.3) is 0 Å². The van der Waals surface area contributed by atoms with Crippen LogP contribution in [0.4, 0.5) is 13.2 Å². The van der Waals surface area contributed by atoms with E-state index < -0.39 is 12.1 Å². The van der Waals surface area contributed by atoms with E-state index in [9.17, 15) is 18.0 Å². The number of carbonyl (C=O) groups is 2. The second-order valence-corrected chi connectivity index (χ2v) is 7.87. The van der Waals surface area contributed by atoms with E-state index in [1.54, 1.807) is 12.3 Å². The highest BCUT2D eigenvalue weighted by Gasteiger charge is 2.39. The van der Waals surface area contributed by atoms with Crippen LogP contribution in [0.1, 0.15) is 33.8 Å². The molecule has 2 aromatic rings. The normalized spacial score (nSPS) is 21.4. The van der Waals surface area contributed by atoms with Crippen molar-refractivity contribution in [1.82, 2.24) is 15.0 Å². The van der Waals surface area contributed by atoms with Crippen molar-refractivity contribution in [3.8, 4) is 0 Å². The first-order valence-electron chi connectivity index (χ1n) is 9.82. The predicted molar refractivity (Wildman–Crippen MR) is 101 cm³/mol. The number of fused-ring (bicyclic) bond motifs is 1. The molecule has 0 spiro atoms. The molecule has 0 saturated carbocycles. The van der Waals surface area contributed by atoms with Crippen LogP contribution in [-0.4, -0.2) is 64.3 Å². The van der Waals surface area contributed by atoms with Crippen LogP contribution in [0, 0.1) is 25.7 Å². The van der Waals surface area contributed by atoms with Gasteiger partial charge in [0.1, 0.15) is 12.0 Å². The van der Waals surface area contributed by atoms with E-state index >= 15 is 0 Å². The van der Waals surface area contributed by atoms with Crippen molar-refractivity contribution in [3.63, 3.8) is 0 Å². The number of carboxylic acid groups (broad SMARTS) is 1. The number of nitrogens with zero attached hydrogens (tertiary/aromatic N) is 3. The monoisotopic (exact) mass is 443 g/mol. The largest absolute Gasteiger partial charge is 0.490 e. The fourth-order valence-electron chi connectivity index (χ4n) is 4.07. The molecule has 2 aliphatic rings. The van der Waals surface area contributed by atoms with Crippen molar-refractivity contribution in [2.24, 2.45) is 11.8 Å². The quantitative estimate of drug-likeness (QED) is 0.778. The van der Waals surface area contributed by atoms with Gasteiger partial charge in [0.15, 0.2) is 0 Å². The van der Waals surface area contributed by atoms with Gasteiger partial charge in [-0.3, -0.25) is 9.69 Å². The minimum atomic E-state index is -5.08. The SMILES string of the molecule is Cc1noc(C)c1CN1CC[C@H]2CN(C(=O)c3ccoc3)C[C@H]2C1.O=C(O)C(F)(F)F. The number of carbonyl (C=O) groups excluding carboxylic acids is 1. The standard InChI is InChI=1S/C18H23N3O3.C2HF3O2/c1-12-17(13(2)24-19-12)10-20-5-3-14-8-21(9-16(14)7-20)18(22)15-4-6-23-11-15;3-2(4,5)1(6)7/h4,6,11,14,16H,3,5,7-10H2,1-2H3;(H,6,7)/t14-,16+;/m0./s1. The predicted octanol–water partition coefficient (Wildman–Crippen LogP) is 3.11. The maximum absolute atomic E-state index is 12.5. The number of amides is 1. The number of piperidine rings is 1. The minimum Gasteiger partial charge on any atom is -0.475 e. The smallest absolute Gasteiger partial charge is 0.475 e. The minimum absolute atomic E-state index is 0.0930. The molecule has 2 atom stereocenters. The number of carboxylic acids is 1. The Balaban J connectivity index is 0.000000339. The molecule has 0 aromatic carbocycles.